The maximum absolute atomic E-state index is 12.0. The largest absolute Gasteiger partial charge is 0.493 e. The van der Waals surface area contributed by atoms with Gasteiger partial charge in [-0.25, -0.2) is 0 Å². The van der Waals surface area contributed by atoms with E-state index in [4.69, 9.17) is 9.47 Å². The molecule has 0 saturated heterocycles. The smallest absolute Gasteiger partial charge is 0.313 e. The average molecular weight is 320 g/mol. The van der Waals surface area contributed by atoms with E-state index >= 15 is 0 Å². The zero-order valence-electron chi connectivity index (χ0n) is 13.8. The van der Waals surface area contributed by atoms with E-state index < -0.39 is 11.8 Å². The minimum absolute atomic E-state index is 0.0925. The minimum Gasteiger partial charge on any atom is -0.493 e. The molecule has 0 aromatic heterocycles. The fourth-order valence-corrected chi connectivity index (χ4v) is 2.76. The predicted molar refractivity (Wildman–Crippen MR) is 87.7 cm³/mol. The predicted octanol–water partition coefficient (Wildman–Crippen LogP) is 2.34. The van der Waals surface area contributed by atoms with E-state index in [-0.39, 0.29) is 6.04 Å². The topological polar surface area (TPSA) is 76.7 Å². The Morgan fingerprint density at radius 3 is 2.26 bits per heavy atom. The summed E-state index contributed by atoms with van der Waals surface area (Å²) in [4.78, 5) is 24.0. The van der Waals surface area contributed by atoms with E-state index in [2.05, 4.69) is 17.6 Å². The highest BCUT2D eigenvalue weighted by Gasteiger charge is 2.23. The number of amides is 2. The lowest BCUT2D eigenvalue weighted by Crippen LogP contribution is -2.43. The number of ether oxygens (including phenoxy) is 2. The molecule has 0 unspecified atom stereocenters. The summed E-state index contributed by atoms with van der Waals surface area (Å²) in [6.45, 7) is 2.21. The van der Waals surface area contributed by atoms with Gasteiger partial charge in [0.1, 0.15) is 0 Å². The van der Waals surface area contributed by atoms with Gasteiger partial charge in [-0.2, -0.15) is 0 Å². The highest BCUT2D eigenvalue weighted by Crippen LogP contribution is 2.29. The molecule has 2 N–H and O–H groups in total. The molecule has 126 valence electrons. The Morgan fingerprint density at radius 2 is 1.65 bits per heavy atom. The zero-order valence-corrected chi connectivity index (χ0v) is 13.8. The van der Waals surface area contributed by atoms with Crippen molar-refractivity contribution in [2.75, 3.05) is 19.5 Å². The molecular formula is C17H24N2O4. The summed E-state index contributed by atoms with van der Waals surface area (Å²) in [5, 5.41) is 5.38. The summed E-state index contributed by atoms with van der Waals surface area (Å²) in [6.07, 6.45) is 4.03. The molecule has 0 radical (unpaired) electrons. The molecule has 2 amide bonds. The molecule has 1 aromatic carbocycles. The van der Waals surface area contributed by atoms with Gasteiger partial charge in [0.2, 0.25) is 0 Å². The van der Waals surface area contributed by atoms with E-state index in [0.717, 1.165) is 25.7 Å². The number of carbonyl (C=O) groups excluding carboxylic acids is 2. The van der Waals surface area contributed by atoms with Crippen molar-refractivity contribution in [1.82, 2.24) is 5.32 Å². The summed E-state index contributed by atoms with van der Waals surface area (Å²) in [5.74, 6) is 0.483. The molecule has 0 aliphatic heterocycles. The van der Waals surface area contributed by atoms with Crippen molar-refractivity contribution in [3.8, 4) is 11.5 Å². The van der Waals surface area contributed by atoms with Crippen LogP contribution in [0.3, 0.4) is 0 Å². The van der Waals surface area contributed by atoms with Crippen LogP contribution in [0.25, 0.3) is 0 Å². The fourth-order valence-electron chi connectivity index (χ4n) is 2.76. The van der Waals surface area contributed by atoms with Crippen LogP contribution >= 0.6 is 0 Å². The maximum Gasteiger partial charge on any atom is 0.313 e. The van der Waals surface area contributed by atoms with Gasteiger partial charge in [-0.05, 0) is 43.7 Å². The molecule has 0 spiro atoms. The van der Waals surface area contributed by atoms with Gasteiger partial charge in [0, 0.05) is 17.8 Å². The highest BCUT2D eigenvalue weighted by molar-refractivity contribution is 6.39. The molecule has 2 rings (SSSR count). The third-order valence-electron chi connectivity index (χ3n) is 4.20. The Kier molecular flexibility index (Phi) is 5.84. The lowest BCUT2D eigenvalue weighted by Gasteiger charge is -2.26. The maximum atomic E-state index is 12.0. The highest BCUT2D eigenvalue weighted by atomic mass is 16.5. The van der Waals surface area contributed by atoms with Gasteiger partial charge in [0.25, 0.3) is 0 Å². The van der Waals surface area contributed by atoms with Crippen molar-refractivity contribution >= 4 is 17.5 Å². The second-order valence-electron chi connectivity index (χ2n) is 5.95. The van der Waals surface area contributed by atoms with Crippen molar-refractivity contribution in [2.45, 2.75) is 38.6 Å². The number of rotatable bonds is 4. The van der Waals surface area contributed by atoms with Crippen LogP contribution in [-0.2, 0) is 9.59 Å². The lowest BCUT2D eigenvalue weighted by molar-refractivity contribution is -0.136. The van der Waals surface area contributed by atoms with Gasteiger partial charge in [0.05, 0.1) is 14.2 Å². The number of methoxy groups -OCH3 is 2. The van der Waals surface area contributed by atoms with Crippen LogP contribution in [0.2, 0.25) is 0 Å². The third kappa shape index (κ3) is 4.61. The van der Waals surface area contributed by atoms with E-state index in [0.29, 0.717) is 23.1 Å². The number of benzene rings is 1. The molecule has 0 heterocycles. The molecule has 6 heteroatoms. The van der Waals surface area contributed by atoms with Crippen molar-refractivity contribution in [1.29, 1.82) is 0 Å². The summed E-state index contributed by atoms with van der Waals surface area (Å²) in [5.41, 5.74) is 0.486. The second kappa shape index (κ2) is 7.85. The van der Waals surface area contributed by atoms with Crippen LogP contribution in [0, 0.1) is 5.92 Å². The molecular weight excluding hydrogens is 296 g/mol. The Balaban J connectivity index is 1.92. The molecule has 23 heavy (non-hydrogen) atoms. The third-order valence-corrected chi connectivity index (χ3v) is 4.20. The van der Waals surface area contributed by atoms with E-state index in [1.54, 1.807) is 18.2 Å². The summed E-state index contributed by atoms with van der Waals surface area (Å²) in [7, 11) is 3.05. The van der Waals surface area contributed by atoms with E-state index in [1.165, 1.54) is 14.2 Å². The minimum atomic E-state index is -0.671. The molecule has 1 saturated carbocycles. The number of carbonyl (C=O) groups is 2. The van der Waals surface area contributed by atoms with Crippen LogP contribution in [0.1, 0.15) is 32.6 Å². The van der Waals surface area contributed by atoms with Crippen molar-refractivity contribution in [3.63, 3.8) is 0 Å². The van der Waals surface area contributed by atoms with E-state index in [1.807, 2.05) is 0 Å². The molecule has 1 fully saturated rings. The van der Waals surface area contributed by atoms with Crippen LogP contribution in [0.4, 0.5) is 5.69 Å². The Morgan fingerprint density at radius 1 is 1.00 bits per heavy atom. The van der Waals surface area contributed by atoms with Crippen LogP contribution in [0.15, 0.2) is 18.2 Å². The fraction of sp³-hybridized carbons (Fsp3) is 0.529. The molecule has 6 nitrogen and oxygen atoms in total. The van der Waals surface area contributed by atoms with Gasteiger partial charge in [-0.15, -0.1) is 0 Å². The van der Waals surface area contributed by atoms with Gasteiger partial charge >= 0.3 is 11.8 Å². The van der Waals surface area contributed by atoms with Gasteiger partial charge in [-0.1, -0.05) is 6.92 Å². The number of hydrogen-bond donors (Lipinski definition) is 2. The summed E-state index contributed by atoms with van der Waals surface area (Å²) < 4.78 is 10.3. The standard InChI is InChI=1S/C17H24N2O4/c1-11-4-6-12(7-5-11)18-16(20)17(21)19-13-8-9-14(22-2)15(10-13)23-3/h8-12H,4-7H2,1-3H3,(H,18,20)(H,19,21). The lowest BCUT2D eigenvalue weighted by atomic mass is 9.87. The quantitative estimate of drug-likeness (QED) is 0.835. The van der Waals surface area contributed by atoms with Crippen molar-refractivity contribution < 1.29 is 19.1 Å². The Labute approximate surface area is 136 Å². The Bertz CT molecular complexity index is 566. The van der Waals surface area contributed by atoms with Crippen LogP contribution in [0.5, 0.6) is 11.5 Å². The van der Waals surface area contributed by atoms with E-state index in [9.17, 15) is 9.59 Å². The van der Waals surface area contributed by atoms with Crippen LogP contribution in [-0.4, -0.2) is 32.1 Å². The number of anilines is 1. The first-order valence-corrected chi connectivity index (χ1v) is 7.87. The monoisotopic (exact) mass is 320 g/mol. The summed E-state index contributed by atoms with van der Waals surface area (Å²) in [6, 6.07) is 5.05. The molecule has 0 bridgehead atoms. The first-order chi connectivity index (χ1) is 11.0. The second-order valence-corrected chi connectivity index (χ2v) is 5.95. The SMILES string of the molecule is COc1ccc(NC(=O)C(=O)NC2CCC(C)CC2)cc1OC. The molecule has 1 aromatic rings. The van der Waals surface area contributed by atoms with Crippen molar-refractivity contribution in [2.24, 2.45) is 5.92 Å². The first kappa shape index (κ1) is 17.1. The van der Waals surface area contributed by atoms with Gasteiger partial charge < -0.3 is 20.1 Å². The normalized spacial score (nSPS) is 20.5. The molecule has 1 aliphatic rings. The molecule has 1 aliphatic carbocycles. The number of nitrogens with one attached hydrogen (secondary N) is 2. The zero-order chi connectivity index (χ0) is 16.8. The van der Waals surface area contributed by atoms with Crippen molar-refractivity contribution in [3.05, 3.63) is 18.2 Å². The average Bonchev–Trinajstić information content (AvgIpc) is 2.56. The van der Waals surface area contributed by atoms with Gasteiger partial charge in [0.15, 0.2) is 11.5 Å². The Hall–Kier alpha value is -2.24. The summed E-state index contributed by atoms with van der Waals surface area (Å²) >= 11 is 0. The number of hydrogen-bond acceptors (Lipinski definition) is 4. The molecule has 0 atom stereocenters. The van der Waals surface area contributed by atoms with Crippen LogP contribution < -0.4 is 20.1 Å². The van der Waals surface area contributed by atoms with Gasteiger partial charge in [-0.3, -0.25) is 9.59 Å². The first-order valence-electron chi connectivity index (χ1n) is 7.87.